The largest absolute Gasteiger partial charge is 0.392 e. The molecule has 0 aromatic carbocycles. The zero-order chi connectivity index (χ0) is 15.4. The molecule has 2 atom stereocenters. The van der Waals surface area contributed by atoms with Crippen LogP contribution in [0.2, 0.25) is 0 Å². The van der Waals surface area contributed by atoms with Crippen molar-refractivity contribution in [2.75, 3.05) is 52.4 Å². The fourth-order valence-electron chi connectivity index (χ4n) is 2.48. The molecular formula is C14H35N5O. The molecule has 0 aliphatic carbocycles. The minimum absolute atomic E-state index is 0.281. The van der Waals surface area contributed by atoms with Gasteiger partial charge < -0.3 is 22.3 Å². The van der Waals surface area contributed by atoms with Gasteiger partial charge in [-0.05, 0) is 12.8 Å². The Morgan fingerprint density at radius 1 is 0.850 bits per heavy atom. The van der Waals surface area contributed by atoms with Gasteiger partial charge >= 0.3 is 0 Å². The first-order valence-corrected chi connectivity index (χ1v) is 7.87. The molecule has 7 N–H and O–H groups in total. The van der Waals surface area contributed by atoms with Crippen LogP contribution in [0.15, 0.2) is 0 Å². The number of nitrogens with zero attached hydrogens (tertiary/aromatic N) is 2. The van der Waals surface area contributed by atoms with Gasteiger partial charge in [0.1, 0.15) is 0 Å². The van der Waals surface area contributed by atoms with Crippen LogP contribution in [0.4, 0.5) is 0 Å². The molecule has 0 spiro atoms. The summed E-state index contributed by atoms with van der Waals surface area (Å²) >= 11 is 0. The fraction of sp³-hybridized carbons (Fsp3) is 1.00. The van der Waals surface area contributed by atoms with E-state index in [1.807, 2.05) is 6.92 Å². The van der Waals surface area contributed by atoms with E-state index in [0.29, 0.717) is 32.2 Å². The first-order valence-electron chi connectivity index (χ1n) is 7.87. The minimum atomic E-state index is -0.281. The summed E-state index contributed by atoms with van der Waals surface area (Å²) in [5, 5.41) is 9.85. The highest BCUT2D eigenvalue weighted by Crippen LogP contribution is 2.07. The molecule has 0 saturated carbocycles. The number of hydrogen-bond donors (Lipinski definition) is 4. The molecule has 0 bridgehead atoms. The van der Waals surface area contributed by atoms with Crippen molar-refractivity contribution in [3.63, 3.8) is 0 Å². The van der Waals surface area contributed by atoms with Crippen molar-refractivity contribution in [1.82, 2.24) is 9.80 Å². The maximum Gasteiger partial charge on any atom is 0.0664 e. The summed E-state index contributed by atoms with van der Waals surface area (Å²) in [5.41, 5.74) is 17.1. The summed E-state index contributed by atoms with van der Waals surface area (Å²) in [5.74, 6) is 0. The van der Waals surface area contributed by atoms with Gasteiger partial charge in [-0.2, -0.15) is 0 Å². The maximum atomic E-state index is 9.85. The van der Waals surface area contributed by atoms with Crippen molar-refractivity contribution >= 4 is 0 Å². The zero-order valence-electron chi connectivity index (χ0n) is 13.3. The number of rotatable bonds is 13. The summed E-state index contributed by atoms with van der Waals surface area (Å²) in [6.07, 6.45) is 1.53. The average molecular weight is 289 g/mol. The average Bonchev–Trinajstić information content (AvgIpc) is 2.44. The SMILES string of the molecule is CCC(O)CN(CCN)CC(CC)N(CCN)CCN. The van der Waals surface area contributed by atoms with Crippen molar-refractivity contribution in [1.29, 1.82) is 0 Å². The monoisotopic (exact) mass is 289 g/mol. The second-order valence-corrected chi connectivity index (χ2v) is 5.29. The highest BCUT2D eigenvalue weighted by molar-refractivity contribution is 4.77. The Labute approximate surface area is 124 Å². The summed E-state index contributed by atoms with van der Waals surface area (Å²) < 4.78 is 0. The second kappa shape index (κ2) is 12.5. The predicted octanol–water partition coefficient (Wildman–Crippen LogP) is -0.984. The fourth-order valence-corrected chi connectivity index (χ4v) is 2.48. The third-order valence-corrected chi connectivity index (χ3v) is 3.67. The Morgan fingerprint density at radius 3 is 1.80 bits per heavy atom. The van der Waals surface area contributed by atoms with Crippen LogP contribution in [0.25, 0.3) is 0 Å². The number of hydrogen-bond acceptors (Lipinski definition) is 6. The Hall–Kier alpha value is -0.240. The second-order valence-electron chi connectivity index (χ2n) is 5.29. The number of aliphatic hydroxyl groups is 1. The first kappa shape index (κ1) is 19.8. The molecule has 0 aromatic rings. The van der Waals surface area contributed by atoms with Crippen LogP contribution in [0.1, 0.15) is 26.7 Å². The lowest BCUT2D eigenvalue weighted by molar-refractivity contribution is 0.0831. The smallest absolute Gasteiger partial charge is 0.0664 e. The molecule has 122 valence electrons. The van der Waals surface area contributed by atoms with Crippen LogP contribution in [-0.2, 0) is 0 Å². The minimum Gasteiger partial charge on any atom is -0.392 e. The molecule has 0 aromatic heterocycles. The van der Waals surface area contributed by atoms with Gasteiger partial charge in [-0.3, -0.25) is 9.80 Å². The lowest BCUT2D eigenvalue weighted by atomic mass is 10.1. The van der Waals surface area contributed by atoms with Crippen LogP contribution < -0.4 is 17.2 Å². The zero-order valence-corrected chi connectivity index (χ0v) is 13.3. The summed E-state index contributed by atoms with van der Waals surface area (Å²) in [4.78, 5) is 4.60. The van der Waals surface area contributed by atoms with E-state index in [1.54, 1.807) is 0 Å². The molecule has 0 fully saturated rings. The van der Waals surface area contributed by atoms with Crippen LogP contribution in [0.3, 0.4) is 0 Å². The topological polar surface area (TPSA) is 105 Å². The van der Waals surface area contributed by atoms with E-state index in [-0.39, 0.29) is 6.10 Å². The van der Waals surface area contributed by atoms with E-state index in [0.717, 1.165) is 39.0 Å². The van der Waals surface area contributed by atoms with Gasteiger partial charge in [-0.1, -0.05) is 13.8 Å². The van der Waals surface area contributed by atoms with Gasteiger partial charge in [0.05, 0.1) is 6.10 Å². The van der Waals surface area contributed by atoms with Crippen molar-refractivity contribution in [2.24, 2.45) is 17.2 Å². The van der Waals surface area contributed by atoms with Gasteiger partial charge in [0, 0.05) is 58.4 Å². The summed E-state index contributed by atoms with van der Waals surface area (Å²) in [6.45, 7) is 10.2. The van der Waals surface area contributed by atoms with Crippen LogP contribution in [0, 0.1) is 0 Å². The van der Waals surface area contributed by atoms with Gasteiger partial charge in [-0.25, -0.2) is 0 Å². The van der Waals surface area contributed by atoms with Crippen molar-refractivity contribution < 1.29 is 5.11 Å². The van der Waals surface area contributed by atoms with E-state index >= 15 is 0 Å². The summed E-state index contributed by atoms with van der Waals surface area (Å²) in [6, 6.07) is 0.415. The Morgan fingerprint density at radius 2 is 1.40 bits per heavy atom. The highest BCUT2D eigenvalue weighted by Gasteiger charge is 2.20. The van der Waals surface area contributed by atoms with E-state index in [2.05, 4.69) is 16.7 Å². The molecule has 0 amide bonds. The Bertz CT molecular complexity index is 212. The van der Waals surface area contributed by atoms with Crippen molar-refractivity contribution in [3.05, 3.63) is 0 Å². The van der Waals surface area contributed by atoms with Gasteiger partial charge in [-0.15, -0.1) is 0 Å². The van der Waals surface area contributed by atoms with E-state index in [4.69, 9.17) is 17.2 Å². The van der Waals surface area contributed by atoms with E-state index in [1.165, 1.54) is 0 Å². The quantitative estimate of drug-likeness (QED) is 0.347. The molecule has 0 heterocycles. The molecule has 0 radical (unpaired) electrons. The molecule has 6 nitrogen and oxygen atoms in total. The Balaban J connectivity index is 4.57. The van der Waals surface area contributed by atoms with Crippen LogP contribution in [0.5, 0.6) is 0 Å². The summed E-state index contributed by atoms with van der Waals surface area (Å²) in [7, 11) is 0. The molecule has 0 saturated heterocycles. The molecule has 6 heteroatoms. The van der Waals surface area contributed by atoms with E-state index < -0.39 is 0 Å². The van der Waals surface area contributed by atoms with Crippen LogP contribution >= 0.6 is 0 Å². The third-order valence-electron chi connectivity index (χ3n) is 3.67. The van der Waals surface area contributed by atoms with E-state index in [9.17, 15) is 5.11 Å². The maximum absolute atomic E-state index is 9.85. The van der Waals surface area contributed by atoms with Gasteiger partial charge in [0.25, 0.3) is 0 Å². The molecule has 0 aliphatic rings. The predicted molar refractivity (Wildman–Crippen MR) is 85.6 cm³/mol. The molecular weight excluding hydrogens is 254 g/mol. The lowest BCUT2D eigenvalue weighted by Crippen LogP contribution is -2.49. The lowest BCUT2D eigenvalue weighted by Gasteiger charge is -2.35. The number of nitrogens with two attached hydrogens (primary N) is 3. The third kappa shape index (κ3) is 8.14. The molecule has 20 heavy (non-hydrogen) atoms. The number of aliphatic hydroxyl groups excluding tert-OH is 1. The van der Waals surface area contributed by atoms with Crippen molar-refractivity contribution in [3.8, 4) is 0 Å². The van der Waals surface area contributed by atoms with Gasteiger partial charge in [0.2, 0.25) is 0 Å². The molecule has 2 unspecified atom stereocenters. The van der Waals surface area contributed by atoms with Gasteiger partial charge in [0.15, 0.2) is 0 Å². The Kier molecular flexibility index (Phi) is 12.3. The standard InChI is InChI=1S/C14H35N5O/c1-3-13(19(9-6-16)10-7-17)11-18(8-5-15)12-14(20)4-2/h13-14,20H,3-12,15-17H2,1-2H3. The highest BCUT2D eigenvalue weighted by atomic mass is 16.3. The normalized spacial score (nSPS) is 15.0. The van der Waals surface area contributed by atoms with Crippen LogP contribution in [-0.4, -0.2) is 79.4 Å². The molecule has 0 rings (SSSR count). The molecule has 0 aliphatic heterocycles. The van der Waals surface area contributed by atoms with Crippen molar-refractivity contribution in [2.45, 2.75) is 38.8 Å². The first-order chi connectivity index (χ1) is 9.62.